The van der Waals surface area contributed by atoms with Crippen molar-refractivity contribution in [3.8, 4) is 12.3 Å². The number of rotatable bonds is 4. The summed E-state index contributed by atoms with van der Waals surface area (Å²) >= 11 is 0. The molecule has 0 radical (unpaired) electrons. The molecule has 1 heterocycles. The molecule has 0 bridgehead atoms. The summed E-state index contributed by atoms with van der Waals surface area (Å²) in [6.07, 6.45) is 9.56. The number of hydrogen-bond acceptors (Lipinski definition) is 2. The number of unbranched alkanes of at least 4 members (excludes halogenated alkanes) is 1. The maximum absolute atomic E-state index is 5.32. The lowest BCUT2D eigenvalue weighted by molar-refractivity contribution is 0.0429. The molecule has 0 aliphatic carbocycles. The lowest BCUT2D eigenvalue weighted by Gasteiger charge is -2.30. The largest absolute Gasteiger partial charge is 0.381 e. The summed E-state index contributed by atoms with van der Waals surface area (Å²) < 4.78 is 5.32. The Kier molecular flexibility index (Phi) is 4.88. The molecule has 0 atom stereocenters. The molecule has 1 aliphatic heterocycles. The van der Waals surface area contributed by atoms with Crippen molar-refractivity contribution in [2.24, 2.45) is 0 Å². The summed E-state index contributed by atoms with van der Waals surface area (Å²) in [5, 5.41) is 0. The average Bonchev–Trinajstić information content (AvgIpc) is 2.19. The first-order valence-electron chi connectivity index (χ1n) is 5.06. The summed E-state index contributed by atoms with van der Waals surface area (Å²) in [6, 6.07) is 0.714. The zero-order chi connectivity index (χ0) is 9.52. The average molecular weight is 181 g/mol. The van der Waals surface area contributed by atoms with Gasteiger partial charge in [-0.2, -0.15) is 0 Å². The Balaban J connectivity index is 2.14. The molecule has 0 aromatic rings. The van der Waals surface area contributed by atoms with E-state index in [4.69, 9.17) is 11.2 Å². The van der Waals surface area contributed by atoms with Crippen LogP contribution < -0.4 is 0 Å². The maximum Gasteiger partial charge on any atom is 0.0480 e. The molecule has 1 rings (SSSR count). The standard InChI is InChI=1S/C11H19NO/c1-3-4-5-8-12(2)11-6-9-13-10-7-11/h1,11H,4-10H2,2H3. The van der Waals surface area contributed by atoms with Crippen molar-refractivity contribution >= 4 is 0 Å². The molecular weight excluding hydrogens is 162 g/mol. The molecule has 0 spiro atoms. The van der Waals surface area contributed by atoms with Gasteiger partial charge in [0.15, 0.2) is 0 Å². The lowest BCUT2D eigenvalue weighted by Crippen LogP contribution is -2.37. The van der Waals surface area contributed by atoms with E-state index < -0.39 is 0 Å². The van der Waals surface area contributed by atoms with Gasteiger partial charge in [0.05, 0.1) is 0 Å². The van der Waals surface area contributed by atoms with E-state index in [9.17, 15) is 0 Å². The molecular formula is C11H19NO. The van der Waals surface area contributed by atoms with Gasteiger partial charge < -0.3 is 9.64 Å². The second-order valence-electron chi connectivity index (χ2n) is 3.63. The van der Waals surface area contributed by atoms with Crippen molar-refractivity contribution in [1.29, 1.82) is 0 Å². The van der Waals surface area contributed by atoms with Crippen LogP contribution >= 0.6 is 0 Å². The summed E-state index contributed by atoms with van der Waals surface area (Å²) in [5.74, 6) is 2.67. The molecule has 0 aromatic heterocycles. The van der Waals surface area contributed by atoms with Gasteiger partial charge in [-0.25, -0.2) is 0 Å². The van der Waals surface area contributed by atoms with Gasteiger partial charge in [0.2, 0.25) is 0 Å². The third-order valence-electron chi connectivity index (χ3n) is 2.65. The Bertz CT molecular complexity index is 167. The Morgan fingerprint density at radius 3 is 2.77 bits per heavy atom. The van der Waals surface area contributed by atoms with Gasteiger partial charge in [-0.15, -0.1) is 12.3 Å². The molecule has 1 saturated heterocycles. The molecule has 74 valence electrons. The van der Waals surface area contributed by atoms with Crippen LogP contribution in [-0.4, -0.2) is 37.7 Å². The van der Waals surface area contributed by atoms with Gasteiger partial charge in [-0.3, -0.25) is 0 Å². The normalized spacial score (nSPS) is 18.8. The fraction of sp³-hybridized carbons (Fsp3) is 0.818. The summed E-state index contributed by atoms with van der Waals surface area (Å²) in [5.41, 5.74) is 0. The van der Waals surface area contributed by atoms with Gasteiger partial charge in [-0.05, 0) is 32.9 Å². The highest BCUT2D eigenvalue weighted by Gasteiger charge is 2.17. The molecule has 1 fully saturated rings. The highest BCUT2D eigenvalue weighted by molar-refractivity contribution is 4.83. The van der Waals surface area contributed by atoms with Gasteiger partial charge in [-0.1, -0.05) is 0 Å². The van der Waals surface area contributed by atoms with E-state index in [1.54, 1.807) is 0 Å². The topological polar surface area (TPSA) is 12.5 Å². The number of ether oxygens (including phenoxy) is 1. The molecule has 2 nitrogen and oxygen atoms in total. The van der Waals surface area contributed by atoms with Gasteiger partial charge in [0, 0.05) is 25.7 Å². The first kappa shape index (κ1) is 10.6. The van der Waals surface area contributed by atoms with E-state index in [0.717, 1.165) is 32.6 Å². The Labute approximate surface area is 81.3 Å². The van der Waals surface area contributed by atoms with Crippen LogP contribution in [-0.2, 0) is 4.74 Å². The second kappa shape index (κ2) is 6.01. The van der Waals surface area contributed by atoms with Crippen molar-refractivity contribution in [1.82, 2.24) is 4.90 Å². The smallest absolute Gasteiger partial charge is 0.0480 e. The Hall–Kier alpha value is -0.520. The van der Waals surface area contributed by atoms with E-state index in [1.165, 1.54) is 12.8 Å². The third-order valence-corrected chi connectivity index (χ3v) is 2.65. The van der Waals surface area contributed by atoms with E-state index in [0.29, 0.717) is 6.04 Å². The van der Waals surface area contributed by atoms with Crippen LogP contribution in [0.1, 0.15) is 25.7 Å². The molecule has 0 N–H and O–H groups in total. The lowest BCUT2D eigenvalue weighted by atomic mass is 10.1. The molecule has 13 heavy (non-hydrogen) atoms. The Morgan fingerprint density at radius 2 is 2.15 bits per heavy atom. The number of hydrogen-bond donors (Lipinski definition) is 0. The molecule has 0 saturated carbocycles. The van der Waals surface area contributed by atoms with Crippen molar-refractivity contribution < 1.29 is 4.74 Å². The molecule has 0 aromatic carbocycles. The Morgan fingerprint density at radius 1 is 1.46 bits per heavy atom. The van der Waals surface area contributed by atoms with E-state index >= 15 is 0 Å². The summed E-state index contributed by atoms with van der Waals surface area (Å²) in [6.45, 7) is 2.96. The van der Waals surface area contributed by atoms with Crippen LogP contribution in [0.5, 0.6) is 0 Å². The van der Waals surface area contributed by atoms with E-state index in [2.05, 4.69) is 17.9 Å². The highest BCUT2D eigenvalue weighted by atomic mass is 16.5. The van der Waals surface area contributed by atoms with Gasteiger partial charge >= 0.3 is 0 Å². The second-order valence-corrected chi connectivity index (χ2v) is 3.63. The predicted molar refractivity (Wildman–Crippen MR) is 54.5 cm³/mol. The van der Waals surface area contributed by atoms with Gasteiger partial charge in [0.1, 0.15) is 0 Å². The first-order chi connectivity index (χ1) is 6.34. The number of nitrogens with zero attached hydrogens (tertiary/aromatic N) is 1. The van der Waals surface area contributed by atoms with Crippen LogP contribution in [0.4, 0.5) is 0 Å². The van der Waals surface area contributed by atoms with Crippen molar-refractivity contribution in [2.75, 3.05) is 26.8 Å². The van der Waals surface area contributed by atoms with Crippen molar-refractivity contribution in [3.63, 3.8) is 0 Å². The van der Waals surface area contributed by atoms with Crippen LogP contribution in [0.2, 0.25) is 0 Å². The fourth-order valence-corrected chi connectivity index (χ4v) is 1.74. The van der Waals surface area contributed by atoms with E-state index in [-0.39, 0.29) is 0 Å². The minimum atomic E-state index is 0.714. The van der Waals surface area contributed by atoms with Crippen LogP contribution in [0.3, 0.4) is 0 Å². The fourth-order valence-electron chi connectivity index (χ4n) is 1.74. The minimum Gasteiger partial charge on any atom is -0.381 e. The minimum absolute atomic E-state index is 0.714. The summed E-state index contributed by atoms with van der Waals surface area (Å²) in [4.78, 5) is 2.42. The van der Waals surface area contributed by atoms with Gasteiger partial charge in [0.25, 0.3) is 0 Å². The maximum atomic E-state index is 5.32. The predicted octanol–water partition coefficient (Wildman–Crippen LogP) is 1.51. The van der Waals surface area contributed by atoms with Crippen molar-refractivity contribution in [3.05, 3.63) is 0 Å². The van der Waals surface area contributed by atoms with Crippen LogP contribution in [0.25, 0.3) is 0 Å². The monoisotopic (exact) mass is 181 g/mol. The zero-order valence-electron chi connectivity index (χ0n) is 8.46. The van der Waals surface area contributed by atoms with Crippen LogP contribution in [0.15, 0.2) is 0 Å². The molecule has 2 heteroatoms. The highest BCUT2D eigenvalue weighted by Crippen LogP contribution is 2.12. The first-order valence-corrected chi connectivity index (χ1v) is 5.06. The number of terminal acetylenes is 1. The zero-order valence-corrected chi connectivity index (χ0v) is 8.46. The third kappa shape index (κ3) is 3.80. The molecule has 0 amide bonds. The van der Waals surface area contributed by atoms with Crippen LogP contribution in [0, 0.1) is 12.3 Å². The SMILES string of the molecule is C#CCCCN(C)C1CCOCC1. The van der Waals surface area contributed by atoms with E-state index in [1.807, 2.05) is 0 Å². The molecule has 1 aliphatic rings. The van der Waals surface area contributed by atoms with Crippen molar-refractivity contribution in [2.45, 2.75) is 31.7 Å². The quantitative estimate of drug-likeness (QED) is 0.481. The molecule has 0 unspecified atom stereocenters. The summed E-state index contributed by atoms with van der Waals surface area (Å²) in [7, 11) is 2.19.